The maximum atomic E-state index is 10.8. The van der Waals surface area contributed by atoms with Crippen LogP contribution in [-0.2, 0) is 16.1 Å². The van der Waals surface area contributed by atoms with Crippen LogP contribution in [0.1, 0.15) is 12.0 Å². The van der Waals surface area contributed by atoms with E-state index in [1.165, 1.54) is 5.56 Å². The zero-order valence-electron chi connectivity index (χ0n) is 11.7. The Hall–Kier alpha value is -1.98. The van der Waals surface area contributed by atoms with Crippen molar-refractivity contribution in [3.05, 3.63) is 42.1 Å². The summed E-state index contributed by atoms with van der Waals surface area (Å²) in [5.41, 5.74) is 2.19. The number of benzene rings is 1. The maximum absolute atomic E-state index is 10.8. The Bertz CT molecular complexity index is 639. The molecule has 1 aliphatic heterocycles. The second-order valence-corrected chi connectivity index (χ2v) is 5.32. The summed E-state index contributed by atoms with van der Waals surface area (Å²) in [5, 5.41) is 10.0. The summed E-state index contributed by atoms with van der Waals surface area (Å²) in [6, 6.07) is 10.2. The van der Waals surface area contributed by atoms with E-state index in [0.29, 0.717) is 13.2 Å². The lowest BCUT2D eigenvalue weighted by atomic mass is 10.1. The number of para-hydroxylation sites is 1. The molecule has 2 aromatic rings. The molecule has 1 aromatic heterocycles. The number of ether oxygens (including phenoxy) is 1. The number of rotatable bonds is 4. The number of morpholine rings is 1. The summed E-state index contributed by atoms with van der Waals surface area (Å²) >= 11 is 0. The molecule has 21 heavy (non-hydrogen) atoms. The minimum atomic E-state index is -0.811. The van der Waals surface area contributed by atoms with Gasteiger partial charge in [-0.1, -0.05) is 24.3 Å². The summed E-state index contributed by atoms with van der Waals surface area (Å²) in [4.78, 5) is 17.5. The Labute approximate surface area is 123 Å². The first-order valence-electron chi connectivity index (χ1n) is 7.11. The van der Waals surface area contributed by atoms with Crippen molar-refractivity contribution in [3.8, 4) is 0 Å². The number of carboxylic acid groups (broad SMARTS) is 1. The highest BCUT2D eigenvalue weighted by molar-refractivity contribution is 5.81. The average molecular weight is 286 g/mol. The van der Waals surface area contributed by atoms with Crippen LogP contribution in [0.4, 0.5) is 0 Å². The van der Waals surface area contributed by atoms with E-state index >= 15 is 0 Å². The molecule has 1 unspecified atom stereocenters. The van der Waals surface area contributed by atoms with Crippen molar-refractivity contribution in [2.45, 2.75) is 19.1 Å². The molecule has 1 fully saturated rings. The molecule has 1 aliphatic rings. The number of hydrogen-bond donors (Lipinski definition) is 1. The molecule has 5 heteroatoms. The van der Waals surface area contributed by atoms with Gasteiger partial charge in [0.1, 0.15) is 0 Å². The second kappa shape index (κ2) is 6.20. The number of fused-ring (bicyclic) bond motifs is 1. The number of nitrogens with zero attached hydrogens (tertiary/aromatic N) is 2. The Morgan fingerprint density at radius 1 is 1.38 bits per heavy atom. The SMILES string of the molecule is O=C(O)CC1CN(Cc2cccc3cccnc23)CCO1. The largest absolute Gasteiger partial charge is 0.481 e. The van der Waals surface area contributed by atoms with Gasteiger partial charge in [0.05, 0.1) is 24.6 Å². The molecule has 0 bridgehead atoms. The van der Waals surface area contributed by atoms with E-state index in [9.17, 15) is 4.79 Å². The van der Waals surface area contributed by atoms with E-state index in [2.05, 4.69) is 28.1 Å². The average Bonchev–Trinajstić information content (AvgIpc) is 2.47. The highest BCUT2D eigenvalue weighted by Crippen LogP contribution is 2.19. The predicted octanol–water partition coefficient (Wildman–Crippen LogP) is 1.91. The van der Waals surface area contributed by atoms with Gasteiger partial charge in [-0.3, -0.25) is 14.7 Å². The molecule has 1 N–H and O–H groups in total. The predicted molar refractivity (Wildman–Crippen MR) is 79.0 cm³/mol. The zero-order chi connectivity index (χ0) is 14.7. The van der Waals surface area contributed by atoms with Crippen molar-refractivity contribution < 1.29 is 14.6 Å². The van der Waals surface area contributed by atoms with Gasteiger partial charge in [0, 0.05) is 31.2 Å². The fourth-order valence-electron chi connectivity index (χ4n) is 2.78. The number of aliphatic carboxylic acids is 1. The molecule has 2 heterocycles. The van der Waals surface area contributed by atoms with Gasteiger partial charge in [-0.2, -0.15) is 0 Å². The summed E-state index contributed by atoms with van der Waals surface area (Å²) < 4.78 is 5.51. The minimum absolute atomic E-state index is 0.0598. The van der Waals surface area contributed by atoms with E-state index in [1.807, 2.05) is 12.1 Å². The van der Waals surface area contributed by atoms with Crippen molar-refractivity contribution in [1.29, 1.82) is 0 Å². The molecule has 0 spiro atoms. The summed E-state index contributed by atoms with van der Waals surface area (Å²) in [6.45, 7) is 2.82. The minimum Gasteiger partial charge on any atom is -0.481 e. The molecule has 1 atom stereocenters. The first-order valence-corrected chi connectivity index (χ1v) is 7.11. The number of hydrogen-bond acceptors (Lipinski definition) is 4. The van der Waals surface area contributed by atoms with Crippen LogP contribution in [0.5, 0.6) is 0 Å². The van der Waals surface area contributed by atoms with E-state index in [0.717, 1.165) is 24.0 Å². The van der Waals surface area contributed by atoms with Crippen LogP contribution < -0.4 is 0 Å². The van der Waals surface area contributed by atoms with Crippen molar-refractivity contribution in [2.24, 2.45) is 0 Å². The first-order chi connectivity index (χ1) is 10.2. The molecule has 1 saturated heterocycles. The van der Waals surface area contributed by atoms with E-state index < -0.39 is 5.97 Å². The van der Waals surface area contributed by atoms with Crippen LogP contribution in [-0.4, -0.2) is 46.8 Å². The molecular formula is C16H18N2O3. The van der Waals surface area contributed by atoms with Crippen LogP contribution in [0.25, 0.3) is 10.9 Å². The highest BCUT2D eigenvalue weighted by atomic mass is 16.5. The van der Waals surface area contributed by atoms with Gasteiger partial charge < -0.3 is 9.84 Å². The normalized spacial score (nSPS) is 19.7. The Balaban J connectivity index is 1.74. The number of carboxylic acids is 1. The summed E-state index contributed by atoms with van der Waals surface area (Å²) in [6.07, 6.45) is 1.64. The third kappa shape index (κ3) is 3.37. The topological polar surface area (TPSA) is 62.7 Å². The molecule has 0 aliphatic carbocycles. The molecule has 0 radical (unpaired) electrons. The third-order valence-corrected chi connectivity index (χ3v) is 3.74. The first kappa shape index (κ1) is 14.0. The van der Waals surface area contributed by atoms with Gasteiger partial charge in [0.25, 0.3) is 0 Å². The van der Waals surface area contributed by atoms with Gasteiger partial charge in [0.15, 0.2) is 0 Å². The van der Waals surface area contributed by atoms with Crippen LogP contribution in [0.3, 0.4) is 0 Å². The molecule has 1 aromatic carbocycles. The number of aromatic nitrogens is 1. The van der Waals surface area contributed by atoms with E-state index in [4.69, 9.17) is 9.84 Å². The van der Waals surface area contributed by atoms with E-state index in [-0.39, 0.29) is 12.5 Å². The Morgan fingerprint density at radius 3 is 3.10 bits per heavy atom. The molecular weight excluding hydrogens is 268 g/mol. The van der Waals surface area contributed by atoms with Gasteiger partial charge in [0.2, 0.25) is 0 Å². The summed E-state index contributed by atoms with van der Waals surface area (Å²) in [7, 11) is 0. The standard InChI is InChI=1S/C16H18N2O3/c19-15(20)9-14-11-18(7-8-21-14)10-13-4-1-3-12-5-2-6-17-16(12)13/h1-6,14H,7-11H2,(H,19,20). The lowest BCUT2D eigenvalue weighted by Crippen LogP contribution is -2.42. The second-order valence-electron chi connectivity index (χ2n) is 5.32. The number of carbonyl (C=O) groups is 1. The number of pyridine rings is 1. The van der Waals surface area contributed by atoms with Crippen LogP contribution >= 0.6 is 0 Å². The molecule has 0 saturated carbocycles. The monoisotopic (exact) mass is 286 g/mol. The van der Waals surface area contributed by atoms with E-state index in [1.54, 1.807) is 6.20 Å². The fraction of sp³-hybridized carbons (Fsp3) is 0.375. The van der Waals surface area contributed by atoms with Crippen LogP contribution in [0.2, 0.25) is 0 Å². The van der Waals surface area contributed by atoms with Gasteiger partial charge >= 0.3 is 5.97 Å². The van der Waals surface area contributed by atoms with Crippen LogP contribution in [0, 0.1) is 0 Å². The Kier molecular flexibility index (Phi) is 4.13. The van der Waals surface area contributed by atoms with Crippen molar-refractivity contribution in [2.75, 3.05) is 19.7 Å². The van der Waals surface area contributed by atoms with Crippen molar-refractivity contribution in [3.63, 3.8) is 0 Å². The molecule has 5 nitrogen and oxygen atoms in total. The maximum Gasteiger partial charge on any atom is 0.306 e. The lowest BCUT2D eigenvalue weighted by Gasteiger charge is -2.32. The fourth-order valence-corrected chi connectivity index (χ4v) is 2.78. The molecule has 110 valence electrons. The van der Waals surface area contributed by atoms with Gasteiger partial charge in [-0.15, -0.1) is 0 Å². The summed E-state index contributed by atoms with van der Waals surface area (Å²) in [5.74, 6) is -0.811. The Morgan fingerprint density at radius 2 is 2.24 bits per heavy atom. The molecule has 0 amide bonds. The third-order valence-electron chi connectivity index (χ3n) is 3.74. The van der Waals surface area contributed by atoms with Gasteiger partial charge in [-0.05, 0) is 11.6 Å². The lowest BCUT2D eigenvalue weighted by molar-refractivity contribution is -0.142. The zero-order valence-corrected chi connectivity index (χ0v) is 11.7. The highest BCUT2D eigenvalue weighted by Gasteiger charge is 2.23. The van der Waals surface area contributed by atoms with Crippen molar-refractivity contribution in [1.82, 2.24) is 9.88 Å². The van der Waals surface area contributed by atoms with Crippen LogP contribution in [0.15, 0.2) is 36.5 Å². The smallest absolute Gasteiger partial charge is 0.306 e. The molecule has 3 rings (SSSR count). The van der Waals surface area contributed by atoms with Crippen molar-refractivity contribution >= 4 is 16.9 Å². The quantitative estimate of drug-likeness (QED) is 0.930. The van der Waals surface area contributed by atoms with Gasteiger partial charge in [-0.25, -0.2) is 0 Å².